The summed E-state index contributed by atoms with van der Waals surface area (Å²) in [7, 11) is 1.97. The number of halogens is 1. The highest BCUT2D eigenvalue weighted by atomic mass is 35.5. The van der Waals surface area contributed by atoms with Crippen molar-refractivity contribution in [3.63, 3.8) is 0 Å². The van der Waals surface area contributed by atoms with Crippen LogP contribution in [0.25, 0.3) is 34.2 Å². The number of nitrogens with zero attached hydrogens (tertiary/aromatic N) is 3. The Labute approximate surface area is 163 Å². The molecule has 0 amide bonds. The largest absolute Gasteiger partial charge is 0.267 e. The molecule has 2 aromatic carbocycles. The lowest BCUT2D eigenvalue weighted by molar-refractivity contribution is 0.793. The van der Waals surface area contributed by atoms with Crippen molar-refractivity contribution in [1.82, 2.24) is 14.8 Å². The number of aromatic nitrogens is 3. The molecule has 134 valence electrons. The summed E-state index contributed by atoms with van der Waals surface area (Å²) in [6.45, 7) is 2.09. The molecule has 2 heterocycles. The Morgan fingerprint density at radius 2 is 1.85 bits per heavy atom. The third-order valence-corrected chi connectivity index (χ3v) is 5.20. The zero-order valence-electron chi connectivity index (χ0n) is 15.4. The van der Waals surface area contributed by atoms with Crippen molar-refractivity contribution < 1.29 is 0 Å². The molecule has 4 heteroatoms. The van der Waals surface area contributed by atoms with E-state index in [9.17, 15) is 0 Å². The fourth-order valence-corrected chi connectivity index (χ4v) is 3.60. The normalized spacial score (nSPS) is 11.5. The minimum Gasteiger partial charge on any atom is -0.267 e. The van der Waals surface area contributed by atoms with Gasteiger partial charge in [0, 0.05) is 30.4 Å². The summed E-state index contributed by atoms with van der Waals surface area (Å²) in [6.07, 6.45) is 8.67. The van der Waals surface area contributed by atoms with Crippen LogP contribution in [0.15, 0.2) is 60.9 Å². The summed E-state index contributed by atoms with van der Waals surface area (Å²) in [5, 5.41) is 6.55. The van der Waals surface area contributed by atoms with Gasteiger partial charge in [0.05, 0.1) is 16.2 Å². The summed E-state index contributed by atoms with van der Waals surface area (Å²) >= 11 is 6.61. The number of hydrogen-bond donors (Lipinski definition) is 0. The lowest BCUT2D eigenvalue weighted by Crippen LogP contribution is -1.90. The van der Waals surface area contributed by atoms with Gasteiger partial charge in [0.15, 0.2) is 0 Å². The lowest BCUT2D eigenvalue weighted by Gasteiger charge is -2.08. The molecule has 0 aliphatic heterocycles. The molecular weight excluding hydrogens is 354 g/mol. The molecule has 0 unspecified atom stereocenters. The molecule has 0 bridgehead atoms. The van der Waals surface area contributed by atoms with Gasteiger partial charge in [-0.3, -0.25) is 9.67 Å². The third kappa shape index (κ3) is 3.38. The quantitative estimate of drug-likeness (QED) is 0.437. The predicted molar refractivity (Wildman–Crippen MR) is 114 cm³/mol. The minimum atomic E-state index is 0.775. The third-order valence-electron chi connectivity index (χ3n) is 4.76. The lowest BCUT2D eigenvalue weighted by atomic mass is 10.0. The Hall–Kier alpha value is -2.91. The van der Waals surface area contributed by atoms with E-state index in [1.807, 2.05) is 42.3 Å². The van der Waals surface area contributed by atoms with Gasteiger partial charge in [0.1, 0.15) is 0 Å². The Morgan fingerprint density at radius 1 is 1.04 bits per heavy atom. The van der Waals surface area contributed by atoms with Crippen LogP contribution in [0, 0.1) is 0 Å². The molecule has 0 atom stereocenters. The van der Waals surface area contributed by atoms with Crippen LogP contribution in [0.1, 0.15) is 23.7 Å². The SMILES string of the molecule is CCc1cncc(-c2ccc3c(c2)c(/C=C/c2ccccc2)nn3C)c1Cl. The number of hydrogen-bond acceptors (Lipinski definition) is 2. The first-order valence-electron chi connectivity index (χ1n) is 9.00. The average molecular weight is 374 g/mol. The molecule has 0 fully saturated rings. The minimum absolute atomic E-state index is 0.775. The Balaban J connectivity index is 1.81. The molecule has 0 radical (unpaired) electrons. The van der Waals surface area contributed by atoms with Gasteiger partial charge in [-0.2, -0.15) is 5.10 Å². The molecule has 0 aliphatic rings. The number of fused-ring (bicyclic) bond motifs is 1. The number of rotatable bonds is 4. The highest BCUT2D eigenvalue weighted by molar-refractivity contribution is 6.34. The van der Waals surface area contributed by atoms with Gasteiger partial charge in [-0.15, -0.1) is 0 Å². The van der Waals surface area contributed by atoms with Crippen molar-refractivity contribution in [3.8, 4) is 11.1 Å². The second-order valence-electron chi connectivity index (χ2n) is 6.50. The number of pyridine rings is 1. The summed E-state index contributed by atoms with van der Waals surface area (Å²) in [5.41, 5.74) is 6.24. The Morgan fingerprint density at radius 3 is 2.63 bits per heavy atom. The zero-order valence-corrected chi connectivity index (χ0v) is 16.1. The van der Waals surface area contributed by atoms with Crippen molar-refractivity contribution >= 4 is 34.7 Å². The maximum atomic E-state index is 6.61. The van der Waals surface area contributed by atoms with Gasteiger partial charge in [-0.05, 0) is 41.3 Å². The molecule has 3 nitrogen and oxygen atoms in total. The molecule has 0 spiro atoms. The summed E-state index contributed by atoms with van der Waals surface area (Å²) in [4.78, 5) is 4.36. The van der Waals surface area contributed by atoms with E-state index in [1.54, 1.807) is 0 Å². The van der Waals surface area contributed by atoms with E-state index >= 15 is 0 Å². The molecule has 27 heavy (non-hydrogen) atoms. The van der Waals surface area contributed by atoms with Gasteiger partial charge in [-0.1, -0.05) is 61.0 Å². The second kappa shape index (κ2) is 7.37. The fraction of sp³-hybridized carbons (Fsp3) is 0.130. The van der Waals surface area contributed by atoms with E-state index in [4.69, 9.17) is 11.6 Å². The van der Waals surface area contributed by atoms with E-state index in [2.05, 4.69) is 59.5 Å². The van der Waals surface area contributed by atoms with E-state index in [-0.39, 0.29) is 0 Å². The predicted octanol–water partition coefficient (Wildman–Crippen LogP) is 6.02. The summed E-state index contributed by atoms with van der Waals surface area (Å²) < 4.78 is 1.91. The fourth-order valence-electron chi connectivity index (χ4n) is 3.26. The van der Waals surface area contributed by atoms with Crippen molar-refractivity contribution in [2.24, 2.45) is 7.05 Å². The van der Waals surface area contributed by atoms with Crippen LogP contribution in [0.3, 0.4) is 0 Å². The van der Waals surface area contributed by atoms with Crippen LogP contribution >= 0.6 is 11.6 Å². The Kier molecular flexibility index (Phi) is 4.78. The van der Waals surface area contributed by atoms with Crippen molar-refractivity contribution in [2.45, 2.75) is 13.3 Å². The first-order chi connectivity index (χ1) is 13.2. The van der Waals surface area contributed by atoms with Gasteiger partial charge in [0.2, 0.25) is 0 Å². The molecular formula is C23H20ClN3. The van der Waals surface area contributed by atoms with E-state index in [1.165, 1.54) is 0 Å². The van der Waals surface area contributed by atoms with E-state index in [0.717, 1.165) is 50.3 Å². The van der Waals surface area contributed by atoms with E-state index < -0.39 is 0 Å². The molecule has 0 N–H and O–H groups in total. The van der Waals surface area contributed by atoms with Crippen molar-refractivity contribution in [3.05, 3.63) is 82.8 Å². The van der Waals surface area contributed by atoms with Gasteiger partial charge in [-0.25, -0.2) is 0 Å². The van der Waals surface area contributed by atoms with Crippen molar-refractivity contribution in [1.29, 1.82) is 0 Å². The maximum absolute atomic E-state index is 6.61. The van der Waals surface area contributed by atoms with Gasteiger partial charge < -0.3 is 0 Å². The van der Waals surface area contributed by atoms with Crippen LogP contribution in [-0.2, 0) is 13.5 Å². The number of aryl methyl sites for hydroxylation is 2. The highest BCUT2D eigenvalue weighted by Crippen LogP contribution is 2.33. The number of benzene rings is 2. The van der Waals surface area contributed by atoms with Crippen LogP contribution < -0.4 is 0 Å². The topological polar surface area (TPSA) is 30.7 Å². The van der Waals surface area contributed by atoms with E-state index in [0.29, 0.717) is 0 Å². The van der Waals surface area contributed by atoms with Gasteiger partial charge >= 0.3 is 0 Å². The highest BCUT2D eigenvalue weighted by Gasteiger charge is 2.12. The first-order valence-corrected chi connectivity index (χ1v) is 9.38. The maximum Gasteiger partial charge on any atom is 0.0930 e. The smallest absolute Gasteiger partial charge is 0.0930 e. The molecule has 0 saturated heterocycles. The standard InChI is InChI=1S/C23H20ClN3/c1-3-17-14-25-15-20(23(17)24)18-10-12-22-19(13-18)21(26-27(22)2)11-9-16-7-5-4-6-8-16/h4-15H,3H2,1-2H3/b11-9+. The van der Waals surface area contributed by atoms with Gasteiger partial charge in [0.25, 0.3) is 0 Å². The first kappa shape index (κ1) is 17.5. The molecule has 0 saturated carbocycles. The molecule has 4 rings (SSSR count). The van der Waals surface area contributed by atoms with Crippen molar-refractivity contribution in [2.75, 3.05) is 0 Å². The van der Waals surface area contributed by atoms with Crippen LogP contribution in [-0.4, -0.2) is 14.8 Å². The van der Waals surface area contributed by atoms with Crippen LogP contribution in [0.2, 0.25) is 5.02 Å². The Bertz CT molecular complexity index is 1130. The second-order valence-corrected chi connectivity index (χ2v) is 6.88. The molecule has 0 aliphatic carbocycles. The average Bonchev–Trinajstić information content (AvgIpc) is 3.02. The zero-order chi connectivity index (χ0) is 18.8. The van der Waals surface area contributed by atoms with Crippen LogP contribution in [0.5, 0.6) is 0 Å². The summed E-state index contributed by atoms with van der Waals surface area (Å²) in [5.74, 6) is 0. The monoisotopic (exact) mass is 373 g/mol. The summed E-state index contributed by atoms with van der Waals surface area (Å²) in [6, 6.07) is 16.6. The molecule has 2 aromatic heterocycles. The molecule has 4 aromatic rings. The van der Waals surface area contributed by atoms with Crippen LogP contribution in [0.4, 0.5) is 0 Å².